The Hall–Kier alpha value is -0.870. The average molecular weight is 264 g/mol. The van der Waals surface area contributed by atoms with E-state index in [1.807, 2.05) is 11.3 Å². The Morgan fingerprint density at radius 3 is 2.67 bits per heavy atom. The van der Waals surface area contributed by atoms with Crippen LogP contribution in [0.4, 0.5) is 0 Å². The second-order valence-electron chi connectivity index (χ2n) is 5.57. The maximum Gasteiger partial charge on any atom is 0.226 e. The molecule has 0 aromatic carbocycles. The Kier molecular flexibility index (Phi) is 3.16. The zero-order valence-corrected chi connectivity index (χ0v) is 11.7. The first-order chi connectivity index (χ1) is 8.68. The Morgan fingerprint density at radius 2 is 2.11 bits per heavy atom. The van der Waals surface area contributed by atoms with Gasteiger partial charge >= 0.3 is 0 Å². The van der Waals surface area contributed by atoms with Crippen molar-refractivity contribution < 1.29 is 4.79 Å². The minimum absolute atomic E-state index is 0.0259. The normalized spacial score (nSPS) is 23.5. The summed E-state index contributed by atoms with van der Waals surface area (Å²) in [5.41, 5.74) is -0.0259. The number of nitrogens with one attached hydrogen (secondary N) is 1. The lowest BCUT2D eigenvalue weighted by molar-refractivity contribution is -0.130. The summed E-state index contributed by atoms with van der Waals surface area (Å²) in [7, 11) is 0. The maximum atomic E-state index is 11.9. The van der Waals surface area contributed by atoms with Crippen LogP contribution in [-0.2, 0) is 11.3 Å². The molecular weight excluding hydrogens is 244 g/mol. The molecule has 2 saturated heterocycles. The molecule has 1 aromatic rings. The van der Waals surface area contributed by atoms with Gasteiger partial charge in [0.25, 0.3) is 0 Å². The van der Waals surface area contributed by atoms with Gasteiger partial charge in [0.15, 0.2) is 0 Å². The van der Waals surface area contributed by atoms with Crippen LogP contribution in [0.15, 0.2) is 12.1 Å². The summed E-state index contributed by atoms with van der Waals surface area (Å²) >= 11 is 1.88. The number of thiophene rings is 1. The first-order valence-electron chi connectivity index (χ1n) is 6.74. The molecule has 0 aliphatic carbocycles. The van der Waals surface area contributed by atoms with Crippen LogP contribution >= 0.6 is 11.3 Å². The predicted molar refractivity (Wildman–Crippen MR) is 73.6 cm³/mol. The van der Waals surface area contributed by atoms with Gasteiger partial charge in [-0.25, -0.2) is 0 Å². The Bertz CT molecular complexity index is 446. The summed E-state index contributed by atoms with van der Waals surface area (Å²) in [6, 6.07) is 4.42. The SMILES string of the molecule is Cc1ccc(CN2CCC3(CCNC3=O)CC2)s1. The van der Waals surface area contributed by atoms with Gasteiger partial charge in [-0.05, 0) is 51.4 Å². The lowest BCUT2D eigenvalue weighted by Crippen LogP contribution is -2.43. The topological polar surface area (TPSA) is 32.3 Å². The van der Waals surface area contributed by atoms with E-state index < -0.39 is 0 Å². The molecule has 2 aliphatic rings. The van der Waals surface area contributed by atoms with Gasteiger partial charge in [0, 0.05) is 22.8 Å². The smallest absolute Gasteiger partial charge is 0.226 e. The monoisotopic (exact) mass is 264 g/mol. The fourth-order valence-electron chi connectivity index (χ4n) is 3.12. The molecule has 0 bridgehead atoms. The van der Waals surface area contributed by atoms with Crippen molar-refractivity contribution in [2.45, 2.75) is 32.7 Å². The van der Waals surface area contributed by atoms with Crippen LogP contribution in [0, 0.1) is 12.3 Å². The minimum Gasteiger partial charge on any atom is -0.356 e. The molecule has 2 fully saturated rings. The number of likely N-dealkylation sites (tertiary alicyclic amines) is 1. The number of carbonyl (C=O) groups excluding carboxylic acids is 1. The van der Waals surface area contributed by atoms with E-state index in [-0.39, 0.29) is 5.41 Å². The van der Waals surface area contributed by atoms with Gasteiger partial charge < -0.3 is 5.32 Å². The first-order valence-corrected chi connectivity index (χ1v) is 7.56. The van der Waals surface area contributed by atoms with E-state index in [0.717, 1.165) is 45.4 Å². The summed E-state index contributed by atoms with van der Waals surface area (Å²) < 4.78 is 0. The van der Waals surface area contributed by atoms with Crippen LogP contribution in [0.25, 0.3) is 0 Å². The van der Waals surface area contributed by atoms with Crippen molar-refractivity contribution in [3.63, 3.8) is 0 Å². The zero-order valence-electron chi connectivity index (χ0n) is 10.9. The number of piperidine rings is 1. The molecule has 98 valence electrons. The molecule has 3 nitrogen and oxygen atoms in total. The number of nitrogens with zero attached hydrogens (tertiary/aromatic N) is 1. The average Bonchev–Trinajstić information content (AvgIpc) is 2.91. The van der Waals surface area contributed by atoms with Crippen molar-refractivity contribution in [3.05, 3.63) is 21.9 Å². The van der Waals surface area contributed by atoms with Crippen LogP contribution in [-0.4, -0.2) is 30.4 Å². The van der Waals surface area contributed by atoms with Crippen molar-refractivity contribution >= 4 is 17.2 Å². The molecule has 1 N–H and O–H groups in total. The molecule has 0 atom stereocenters. The highest BCUT2D eigenvalue weighted by Gasteiger charge is 2.44. The Morgan fingerprint density at radius 1 is 1.33 bits per heavy atom. The molecule has 2 aliphatic heterocycles. The number of aryl methyl sites for hydroxylation is 1. The highest BCUT2D eigenvalue weighted by Crippen LogP contribution is 2.38. The molecule has 3 rings (SSSR count). The molecule has 0 unspecified atom stereocenters. The predicted octanol–water partition coefficient (Wildman–Crippen LogP) is 2.16. The zero-order chi connectivity index (χ0) is 12.6. The second-order valence-corrected chi connectivity index (χ2v) is 6.95. The highest BCUT2D eigenvalue weighted by atomic mass is 32.1. The molecular formula is C14H20N2OS. The number of rotatable bonds is 2. The standard InChI is InChI=1S/C14H20N2OS/c1-11-2-3-12(18-11)10-16-8-5-14(6-9-16)4-7-15-13(14)17/h2-3H,4-10H2,1H3,(H,15,17). The molecule has 1 aromatic heterocycles. The van der Waals surface area contributed by atoms with Gasteiger partial charge in [0.1, 0.15) is 0 Å². The fraction of sp³-hybridized carbons (Fsp3) is 0.643. The minimum atomic E-state index is -0.0259. The number of carbonyl (C=O) groups is 1. The fourth-order valence-corrected chi connectivity index (χ4v) is 4.06. The molecule has 18 heavy (non-hydrogen) atoms. The Balaban J connectivity index is 1.58. The molecule has 1 amide bonds. The van der Waals surface area contributed by atoms with Crippen LogP contribution < -0.4 is 5.32 Å². The lowest BCUT2D eigenvalue weighted by atomic mass is 9.77. The maximum absolute atomic E-state index is 11.9. The van der Waals surface area contributed by atoms with Crippen molar-refractivity contribution in [1.29, 1.82) is 0 Å². The van der Waals surface area contributed by atoms with Gasteiger partial charge in [-0.15, -0.1) is 11.3 Å². The van der Waals surface area contributed by atoms with Gasteiger partial charge in [0.05, 0.1) is 5.41 Å². The first kappa shape index (κ1) is 12.2. The summed E-state index contributed by atoms with van der Waals surface area (Å²) in [6.45, 7) is 6.20. The van der Waals surface area contributed by atoms with E-state index in [1.54, 1.807) is 0 Å². The van der Waals surface area contributed by atoms with E-state index in [1.165, 1.54) is 9.75 Å². The third-order valence-corrected chi connectivity index (χ3v) is 5.34. The Labute approximate surface area is 112 Å². The van der Waals surface area contributed by atoms with Crippen LogP contribution in [0.2, 0.25) is 0 Å². The number of hydrogen-bond acceptors (Lipinski definition) is 3. The lowest BCUT2D eigenvalue weighted by Gasteiger charge is -2.37. The largest absolute Gasteiger partial charge is 0.356 e. The van der Waals surface area contributed by atoms with Crippen molar-refractivity contribution in [2.75, 3.05) is 19.6 Å². The van der Waals surface area contributed by atoms with Crippen LogP contribution in [0.3, 0.4) is 0 Å². The molecule has 3 heterocycles. The van der Waals surface area contributed by atoms with Gasteiger partial charge in [0.2, 0.25) is 5.91 Å². The third-order valence-electron chi connectivity index (χ3n) is 4.36. The summed E-state index contributed by atoms with van der Waals surface area (Å²) in [5, 5.41) is 2.99. The van der Waals surface area contributed by atoms with Crippen molar-refractivity contribution in [2.24, 2.45) is 5.41 Å². The van der Waals surface area contributed by atoms with E-state index in [0.29, 0.717) is 5.91 Å². The molecule has 0 radical (unpaired) electrons. The second kappa shape index (κ2) is 4.67. The third kappa shape index (κ3) is 2.19. The summed E-state index contributed by atoms with van der Waals surface area (Å²) in [6.07, 6.45) is 3.10. The van der Waals surface area contributed by atoms with Gasteiger partial charge in [-0.1, -0.05) is 0 Å². The van der Waals surface area contributed by atoms with Gasteiger partial charge in [-0.3, -0.25) is 9.69 Å². The van der Waals surface area contributed by atoms with E-state index in [2.05, 4.69) is 29.3 Å². The summed E-state index contributed by atoms with van der Waals surface area (Å²) in [4.78, 5) is 17.2. The van der Waals surface area contributed by atoms with Crippen LogP contribution in [0.1, 0.15) is 29.0 Å². The number of hydrogen-bond donors (Lipinski definition) is 1. The molecule has 0 saturated carbocycles. The van der Waals surface area contributed by atoms with Gasteiger partial charge in [-0.2, -0.15) is 0 Å². The quantitative estimate of drug-likeness (QED) is 0.888. The van der Waals surface area contributed by atoms with Crippen molar-refractivity contribution in [1.82, 2.24) is 10.2 Å². The summed E-state index contributed by atoms with van der Waals surface area (Å²) in [5.74, 6) is 0.300. The van der Waals surface area contributed by atoms with Crippen LogP contribution in [0.5, 0.6) is 0 Å². The van der Waals surface area contributed by atoms with E-state index >= 15 is 0 Å². The molecule has 4 heteroatoms. The van der Waals surface area contributed by atoms with E-state index in [9.17, 15) is 4.79 Å². The highest BCUT2D eigenvalue weighted by molar-refractivity contribution is 7.11. The van der Waals surface area contributed by atoms with E-state index in [4.69, 9.17) is 0 Å². The number of amides is 1. The van der Waals surface area contributed by atoms with Crippen molar-refractivity contribution in [3.8, 4) is 0 Å². The molecule has 1 spiro atoms.